The van der Waals surface area contributed by atoms with Crippen LogP contribution in [0.5, 0.6) is 0 Å². The number of rotatable bonds is 10. The molecule has 0 unspecified atom stereocenters. The zero-order chi connectivity index (χ0) is 25.9. The summed E-state index contributed by atoms with van der Waals surface area (Å²) < 4.78 is 0.294. The fraction of sp³-hybridized carbons (Fsp3) is 0.613. The number of thioether (sulfide) groups is 2. The van der Waals surface area contributed by atoms with Crippen LogP contribution in [0.2, 0.25) is 0 Å². The molecule has 0 saturated carbocycles. The second-order valence-corrected chi connectivity index (χ2v) is 16.0. The molecule has 0 aromatic heterocycles. The van der Waals surface area contributed by atoms with Gasteiger partial charge in [-0.2, -0.15) is 0 Å². The molecule has 193 valence electrons. The molecule has 0 radical (unpaired) electrons. The quantitative estimate of drug-likeness (QED) is 0.153. The van der Waals surface area contributed by atoms with Crippen molar-refractivity contribution in [2.24, 2.45) is 0 Å². The van der Waals surface area contributed by atoms with E-state index < -0.39 is 0 Å². The first-order chi connectivity index (χ1) is 15.7. The van der Waals surface area contributed by atoms with Crippen molar-refractivity contribution in [1.29, 1.82) is 0 Å². The first-order valence-corrected chi connectivity index (χ1v) is 15.7. The molecule has 0 saturated heterocycles. The van der Waals surface area contributed by atoms with Gasteiger partial charge in [0.2, 0.25) is 0 Å². The van der Waals surface area contributed by atoms with Crippen LogP contribution in [0.3, 0.4) is 0 Å². The fourth-order valence-corrected chi connectivity index (χ4v) is 8.18. The first-order valence-electron chi connectivity index (χ1n) is 13.0. The standard InChI is InChI=1S/C31H47S2.Pd/c1-18(2)24-13-26(20(5)6)30(27(14-24)21(7)8)32-17-33-31-28(22(9)10)15-25(19(3)4)16-29(31)23(11)12;/h13-23H,1-12H3;. The molecule has 0 aliphatic rings. The van der Waals surface area contributed by atoms with Gasteiger partial charge in [-0.1, -0.05) is 0 Å². The van der Waals surface area contributed by atoms with Crippen molar-refractivity contribution in [2.75, 3.05) is 0 Å². The van der Waals surface area contributed by atoms with E-state index in [9.17, 15) is 0 Å². The van der Waals surface area contributed by atoms with E-state index in [0.29, 0.717) is 38.6 Å². The molecule has 0 fully saturated rings. The predicted octanol–water partition coefficient (Wildman–Crippen LogP) is 11.1. The zero-order valence-electron chi connectivity index (χ0n) is 23.5. The second-order valence-electron chi connectivity index (χ2n) is 11.5. The Kier molecular flexibility index (Phi) is 11.4. The zero-order valence-corrected chi connectivity index (χ0v) is 26.7. The molecule has 2 rings (SSSR count). The molecule has 0 N–H and O–H groups in total. The molecule has 2 aromatic rings. The van der Waals surface area contributed by atoms with Gasteiger partial charge in [0.25, 0.3) is 0 Å². The van der Waals surface area contributed by atoms with E-state index >= 15 is 0 Å². The summed E-state index contributed by atoms with van der Waals surface area (Å²) in [6.45, 7) is 27.9. The van der Waals surface area contributed by atoms with E-state index in [2.05, 4.69) is 127 Å². The summed E-state index contributed by atoms with van der Waals surface area (Å²) in [7, 11) is 0. The SMILES string of the molecule is CC(C)c1cc(C(C)C)c(S[CH]([Pd])Sc2c(C(C)C)cc(C(C)C)cc2C(C)C)c(C(C)C)c1. The van der Waals surface area contributed by atoms with Crippen LogP contribution < -0.4 is 0 Å². The van der Waals surface area contributed by atoms with Crippen molar-refractivity contribution >= 4 is 23.5 Å². The average molecular weight is 590 g/mol. The molecule has 2 aromatic carbocycles. The Labute approximate surface area is 230 Å². The van der Waals surface area contributed by atoms with Gasteiger partial charge in [0.15, 0.2) is 0 Å². The monoisotopic (exact) mass is 589 g/mol. The number of benzene rings is 2. The molecule has 34 heavy (non-hydrogen) atoms. The Hall–Kier alpha value is -0.198. The van der Waals surface area contributed by atoms with Crippen LogP contribution in [0.4, 0.5) is 0 Å². The van der Waals surface area contributed by atoms with Crippen molar-refractivity contribution in [3.05, 3.63) is 57.6 Å². The molecule has 0 spiro atoms. The summed E-state index contributed by atoms with van der Waals surface area (Å²) >= 11 is 7.80. The van der Waals surface area contributed by atoms with Gasteiger partial charge in [0, 0.05) is 0 Å². The molecular formula is C31H47PdS2. The molecule has 3 heteroatoms. The summed E-state index contributed by atoms with van der Waals surface area (Å²) in [5.74, 6) is 3.14. The van der Waals surface area contributed by atoms with E-state index in [0.717, 1.165) is 0 Å². The van der Waals surface area contributed by atoms with Crippen LogP contribution in [0, 0.1) is 0 Å². The van der Waals surface area contributed by atoms with E-state index in [1.165, 1.54) is 43.2 Å². The van der Waals surface area contributed by atoms with Crippen molar-refractivity contribution < 1.29 is 19.2 Å². The van der Waals surface area contributed by atoms with Crippen molar-refractivity contribution in [3.8, 4) is 0 Å². The Morgan fingerprint density at radius 1 is 0.441 bits per heavy atom. The summed E-state index contributed by atoms with van der Waals surface area (Å²) in [5, 5.41) is 0. The second kappa shape index (κ2) is 12.9. The van der Waals surface area contributed by atoms with Crippen molar-refractivity contribution in [3.63, 3.8) is 0 Å². The van der Waals surface area contributed by atoms with Gasteiger partial charge >= 0.3 is 232 Å². The van der Waals surface area contributed by atoms with Gasteiger partial charge in [0.05, 0.1) is 0 Å². The van der Waals surface area contributed by atoms with E-state index in [1.54, 1.807) is 0 Å². The van der Waals surface area contributed by atoms with E-state index in [1.807, 2.05) is 23.5 Å². The Balaban J connectivity index is 2.55. The Morgan fingerprint density at radius 2 is 0.676 bits per heavy atom. The third-order valence-corrected chi connectivity index (χ3v) is 10.00. The molecule has 0 bridgehead atoms. The normalized spacial score (nSPS) is 12.6. The third-order valence-electron chi connectivity index (χ3n) is 6.57. The number of hydrogen-bond acceptors (Lipinski definition) is 2. The van der Waals surface area contributed by atoms with Gasteiger partial charge in [0.1, 0.15) is 0 Å². The van der Waals surface area contributed by atoms with Crippen molar-refractivity contribution in [2.45, 2.75) is 131 Å². The minimum absolute atomic E-state index is 0.294. The molecule has 0 heterocycles. The van der Waals surface area contributed by atoms with Crippen LogP contribution in [0.25, 0.3) is 0 Å². The van der Waals surface area contributed by atoms with Gasteiger partial charge in [-0.15, -0.1) is 0 Å². The predicted molar refractivity (Wildman–Crippen MR) is 153 cm³/mol. The number of hydrogen-bond donors (Lipinski definition) is 0. The first kappa shape index (κ1) is 30.0. The minimum atomic E-state index is 0.294. The Morgan fingerprint density at radius 3 is 0.853 bits per heavy atom. The van der Waals surface area contributed by atoms with Crippen molar-refractivity contribution in [1.82, 2.24) is 0 Å². The third kappa shape index (κ3) is 7.41. The van der Waals surface area contributed by atoms with Crippen LogP contribution in [-0.2, 0) is 19.2 Å². The van der Waals surface area contributed by atoms with Crippen LogP contribution in [-0.4, -0.2) is 3.05 Å². The fourth-order valence-electron chi connectivity index (χ4n) is 4.25. The molecule has 0 amide bonds. The topological polar surface area (TPSA) is 0 Å². The van der Waals surface area contributed by atoms with Crippen LogP contribution in [0.1, 0.15) is 152 Å². The van der Waals surface area contributed by atoms with Gasteiger partial charge < -0.3 is 0 Å². The van der Waals surface area contributed by atoms with Gasteiger partial charge in [-0.3, -0.25) is 0 Å². The van der Waals surface area contributed by atoms with Crippen LogP contribution >= 0.6 is 23.5 Å². The molecule has 0 aliphatic heterocycles. The average Bonchev–Trinajstić information content (AvgIpc) is 2.72. The maximum absolute atomic E-state index is 3.77. The van der Waals surface area contributed by atoms with Gasteiger partial charge in [-0.05, 0) is 0 Å². The molecular weight excluding hydrogens is 543 g/mol. The summed E-state index contributed by atoms with van der Waals surface area (Å²) in [4.78, 5) is 2.96. The van der Waals surface area contributed by atoms with E-state index in [-0.39, 0.29) is 0 Å². The van der Waals surface area contributed by atoms with E-state index in [4.69, 9.17) is 0 Å². The summed E-state index contributed by atoms with van der Waals surface area (Å²) in [6.07, 6.45) is 0. The molecule has 0 aliphatic carbocycles. The Bertz CT molecular complexity index is 818. The van der Waals surface area contributed by atoms with Crippen LogP contribution in [0.15, 0.2) is 34.1 Å². The molecule has 0 nitrogen and oxygen atoms in total. The maximum atomic E-state index is 3.77. The summed E-state index contributed by atoms with van der Waals surface area (Å²) in [6, 6.07) is 9.87. The van der Waals surface area contributed by atoms with Gasteiger partial charge in [-0.25, -0.2) is 0 Å². The summed E-state index contributed by atoms with van der Waals surface area (Å²) in [5.41, 5.74) is 8.93. The molecule has 0 atom stereocenters.